The largest absolute Gasteiger partial charge is 0.501 e. The lowest BCUT2D eigenvalue weighted by atomic mass is 10.0. The van der Waals surface area contributed by atoms with Crippen molar-refractivity contribution in [3.8, 4) is 0 Å². The van der Waals surface area contributed by atoms with Crippen LogP contribution in [0.25, 0.3) is 0 Å². The number of rotatable bonds is 6. The predicted molar refractivity (Wildman–Crippen MR) is 115 cm³/mol. The van der Waals surface area contributed by atoms with Gasteiger partial charge in [0.1, 0.15) is 0 Å². The van der Waals surface area contributed by atoms with E-state index < -0.39 is 11.1 Å². The molecule has 0 aromatic carbocycles. The highest BCUT2D eigenvalue weighted by molar-refractivity contribution is 6.24. The lowest BCUT2D eigenvalue weighted by Crippen LogP contribution is -2.43. The van der Waals surface area contributed by atoms with E-state index >= 15 is 0 Å². The summed E-state index contributed by atoms with van der Waals surface area (Å²) in [6, 6.07) is 0. The van der Waals surface area contributed by atoms with Gasteiger partial charge < -0.3 is 14.8 Å². The van der Waals surface area contributed by atoms with Gasteiger partial charge in [-0.2, -0.15) is 0 Å². The van der Waals surface area contributed by atoms with E-state index in [2.05, 4.69) is 26.1 Å². The van der Waals surface area contributed by atoms with E-state index in [0.717, 1.165) is 43.4 Å². The third-order valence-electron chi connectivity index (χ3n) is 4.02. The molecule has 1 aliphatic carbocycles. The minimum Gasteiger partial charge on any atom is -0.501 e. The topological polar surface area (TPSA) is 47.6 Å². The average Bonchev–Trinajstić information content (AvgIpc) is 3.04. The number of amides is 1. The van der Waals surface area contributed by atoms with Crippen LogP contribution in [0.3, 0.4) is 0 Å². The van der Waals surface area contributed by atoms with Crippen LogP contribution in [0.1, 0.15) is 80.1 Å². The van der Waals surface area contributed by atoms with Crippen molar-refractivity contribution in [3.63, 3.8) is 0 Å². The van der Waals surface area contributed by atoms with E-state index in [0.29, 0.717) is 5.76 Å². The summed E-state index contributed by atoms with van der Waals surface area (Å²) in [7, 11) is 1.67. The zero-order valence-electron chi connectivity index (χ0n) is 18.2. The molecule has 0 aromatic rings. The Labute approximate surface area is 171 Å². The molecule has 4 nitrogen and oxygen atoms in total. The Kier molecular flexibility index (Phi) is 13.0. The van der Waals surface area contributed by atoms with E-state index in [-0.39, 0.29) is 5.91 Å². The highest BCUT2D eigenvalue weighted by Gasteiger charge is 2.41. The molecule has 2 atom stereocenters. The summed E-state index contributed by atoms with van der Waals surface area (Å²) in [6.07, 6.45) is 11.0. The van der Waals surface area contributed by atoms with Crippen LogP contribution in [0.4, 0.5) is 0 Å². The van der Waals surface area contributed by atoms with Gasteiger partial charge in [-0.25, -0.2) is 0 Å². The summed E-state index contributed by atoms with van der Waals surface area (Å²) >= 11 is 6.52. The van der Waals surface area contributed by atoms with Crippen molar-refractivity contribution in [3.05, 3.63) is 35.3 Å². The highest BCUT2D eigenvalue weighted by Crippen LogP contribution is 2.32. The molecule has 0 saturated carbocycles. The predicted octanol–water partition coefficient (Wildman–Crippen LogP) is 6.22. The van der Waals surface area contributed by atoms with Crippen molar-refractivity contribution < 1.29 is 14.3 Å². The van der Waals surface area contributed by atoms with E-state index in [1.165, 1.54) is 6.42 Å². The molecule has 1 amide bonds. The Balaban J connectivity index is 0.00000123. The maximum absolute atomic E-state index is 12.1. The van der Waals surface area contributed by atoms with Gasteiger partial charge in [0.05, 0.1) is 17.7 Å². The van der Waals surface area contributed by atoms with Gasteiger partial charge in [0.15, 0.2) is 12.0 Å². The molecule has 1 saturated heterocycles. The molecule has 0 spiro atoms. The summed E-state index contributed by atoms with van der Waals surface area (Å²) in [5, 5.41) is 2.83. The Hall–Kier alpha value is -1.42. The van der Waals surface area contributed by atoms with Gasteiger partial charge in [0.25, 0.3) is 5.91 Å². The van der Waals surface area contributed by atoms with Crippen LogP contribution in [-0.2, 0) is 14.3 Å². The average molecular weight is 400 g/mol. The number of hydrogen-bond donors (Lipinski definition) is 1. The molecule has 2 unspecified atom stereocenters. The Bertz CT molecular complexity index is 536. The van der Waals surface area contributed by atoms with Gasteiger partial charge in [-0.3, -0.25) is 4.79 Å². The summed E-state index contributed by atoms with van der Waals surface area (Å²) in [5.41, 5.74) is 1.05. The van der Waals surface area contributed by atoms with Crippen LogP contribution < -0.4 is 5.32 Å². The Morgan fingerprint density at radius 3 is 2.41 bits per heavy atom. The number of nitrogens with one attached hydrogen (secondary N) is 1. The SMILES string of the molecule is CC.CCC.CCCCC(C)(Cl)C1NC(=O)/C(=C/C2=CC=C(OC)CC2)O1. The van der Waals surface area contributed by atoms with Crippen LogP contribution in [0.15, 0.2) is 35.3 Å². The van der Waals surface area contributed by atoms with Crippen molar-refractivity contribution in [2.45, 2.75) is 91.2 Å². The second-order valence-electron chi connectivity index (χ2n) is 6.65. The smallest absolute Gasteiger partial charge is 0.289 e. The molecule has 5 heteroatoms. The van der Waals surface area contributed by atoms with Gasteiger partial charge in [0, 0.05) is 6.42 Å². The second kappa shape index (κ2) is 13.7. The number of ether oxygens (including phenoxy) is 2. The first kappa shape index (κ1) is 25.6. The quantitative estimate of drug-likeness (QED) is 0.425. The van der Waals surface area contributed by atoms with Crippen molar-refractivity contribution in [1.82, 2.24) is 5.32 Å². The van der Waals surface area contributed by atoms with Crippen LogP contribution in [0.5, 0.6) is 0 Å². The third-order valence-corrected chi connectivity index (χ3v) is 4.41. The maximum atomic E-state index is 12.1. The van der Waals surface area contributed by atoms with Gasteiger partial charge in [-0.15, -0.1) is 11.6 Å². The van der Waals surface area contributed by atoms with Gasteiger partial charge >= 0.3 is 0 Å². The normalized spacial score (nSPS) is 22.0. The minimum atomic E-state index is -0.592. The highest BCUT2D eigenvalue weighted by atomic mass is 35.5. The number of halogens is 1. The minimum absolute atomic E-state index is 0.198. The van der Waals surface area contributed by atoms with Crippen molar-refractivity contribution >= 4 is 17.5 Å². The zero-order chi connectivity index (χ0) is 20.9. The molecule has 0 radical (unpaired) electrons. The van der Waals surface area contributed by atoms with Crippen LogP contribution in [-0.4, -0.2) is 24.1 Å². The molecular weight excluding hydrogens is 362 g/mol. The Morgan fingerprint density at radius 2 is 1.93 bits per heavy atom. The van der Waals surface area contributed by atoms with Gasteiger partial charge in [0.2, 0.25) is 0 Å². The fourth-order valence-corrected chi connectivity index (χ4v) is 2.75. The number of carbonyl (C=O) groups is 1. The fourth-order valence-electron chi connectivity index (χ4n) is 2.52. The standard InChI is InChI=1S/C17H24ClNO3.C3H8.C2H6/c1-4-5-10-17(2,18)16-19-15(20)14(22-16)11-12-6-8-13(21-3)9-7-12;1-3-2;1-2/h6,8,11,16H,4-5,7,9-10H2,1-3H3,(H,19,20);3H2,1-2H3;1-2H3/b14-11-;;. The molecule has 1 aliphatic heterocycles. The molecule has 156 valence electrons. The van der Waals surface area contributed by atoms with Gasteiger partial charge in [-0.1, -0.05) is 60.0 Å². The first-order chi connectivity index (χ1) is 12.9. The number of alkyl halides is 1. The number of allylic oxidation sites excluding steroid dienone is 5. The number of unbranched alkanes of at least 4 members (excludes halogenated alkanes) is 1. The van der Waals surface area contributed by atoms with Crippen LogP contribution in [0, 0.1) is 0 Å². The molecule has 27 heavy (non-hydrogen) atoms. The second-order valence-corrected chi connectivity index (χ2v) is 7.51. The summed E-state index contributed by atoms with van der Waals surface area (Å²) in [4.78, 5) is 11.5. The van der Waals surface area contributed by atoms with E-state index in [9.17, 15) is 4.79 Å². The summed E-state index contributed by atoms with van der Waals surface area (Å²) in [6.45, 7) is 12.3. The molecule has 1 N–H and O–H groups in total. The summed E-state index contributed by atoms with van der Waals surface area (Å²) in [5.74, 6) is 1.09. The van der Waals surface area contributed by atoms with E-state index in [4.69, 9.17) is 21.1 Å². The monoisotopic (exact) mass is 399 g/mol. The zero-order valence-corrected chi connectivity index (χ0v) is 18.9. The first-order valence-electron chi connectivity index (χ1n) is 10.2. The molecule has 2 aliphatic rings. The number of carbonyl (C=O) groups excluding carboxylic acids is 1. The van der Waals surface area contributed by atoms with Crippen molar-refractivity contribution in [2.75, 3.05) is 7.11 Å². The number of methoxy groups -OCH3 is 1. The number of hydrogen-bond acceptors (Lipinski definition) is 3. The molecule has 1 heterocycles. The van der Waals surface area contributed by atoms with Crippen LogP contribution in [0.2, 0.25) is 0 Å². The Morgan fingerprint density at radius 1 is 1.30 bits per heavy atom. The summed E-state index contributed by atoms with van der Waals surface area (Å²) < 4.78 is 11.0. The third kappa shape index (κ3) is 8.87. The molecular formula is C22H38ClNO3. The lowest BCUT2D eigenvalue weighted by molar-refractivity contribution is -0.116. The fraction of sp³-hybridized carbons (Fsp3) is 0.682. The molecule has 0 bridgehead atoms. The first-order valence-corrected chi connectivity index (χ1v) is 10.6. The van der Waals surface area contributed by atoms with Crippen LogP contribution >= 0.6 is 11.6 Å². The molecule has 2 rings (SSSR count). The molecule has 0 aromatic heterocycles. The van der Waals surface area contributed by atoms with E-state index in [1.54, 1.807) is 13.2 Å². The van der Waals surface area contributed by atoms with Gasteiger partial charge in [-0.05, 0) is 37.5 Å². The van der Waals surface area contributed by atoms with Crippen molar-refractivity contribution in [2.24, 2.45) is 0 Å². The maximum Gasteiger partial charge on any atom is 0.289 e. The van der Waals surface area contributed by atoms with E-state index in [1.807, 2.05) is 32.9 Å². The lowest BCUT2D eigenvalue weighted by Gasteiger charge is -2.27. The molecule has 1 fully saturated rings. The van der Waals surface area contributed by atoms with Crippen molar-refractivity contribution in [1.29, 1.82) is 0 Å².